The van der Waals surface area contributed by atoms with Crippen LogP contribution in [0.1, 0.15) is 37.3 Å². The molecule has 0 aliphatic carbocycles. The van der Waals surface area contributed by atoms with Crippen LogP contribution >= 0.6 is 0 Å². The molecule has 2 rings (SSSR count). The molecule has 1 heterocycles. The summed E-state index contributed by atoms with van der Waals surface area (Å²) in [6.45, 7) is 1.24. The van der Waals surface area contributed by atoms with Crippen LogP contribution in [0.15, 0.2) is 30.3 Å². The van der Waals surface area contributed by atoms with Crippen molar-refractivity contribution in [3.63, 3.8) is 0 Å². The Morgan fingerprint density at radius 1 is 1.29 bits per heavy atom. The average molecular weight is 333 g/mol. The van der Waals surface area contributed by atoms with Crippen LogP contribution in [0.3, 0.4) is 0 Å². The summed E-state index contributed by atoms with van der Waals surface area (Å²) < 4.78 is 0. The number of carbonyl (C=O) groups is 2. The molecule has 1 aromatic rings. The molecule has 6 heteroatoms. The fraction of sp³-hybridized carbons (Fsp3) is 0.556. The number of rotatable bonds is 7. The van der Waals surface area contributed by atoms with E-state index in [0.29, 0.717) is 6.42 Å². The van der Waals surface area contributed by atoms with Gasteiger partial charge < -0.3 is 15.7 Å². The second-order valence-corrected chi connectivity index (χ2v) is 6.16. The minimum Gasteiger partial charge on any atom is -0.396 e. The average Bonchev–Trinajstić information content (AvgIpc) is 2.61. The van der Waals surface area contributed by atoms with E-state index >= 15 is 0 Å². The summed E-state index contributed by atoms with van der Waals surface area (Å²) in [5.74, 6) is -0.405. The van der Waals surface area contributed by atoms with Crippen molar-refractivity contribution in [3.8, 4) is 0 Å². The molecule has 0 unspecified atom stereocenters. The number of hydrogen-bond acceptors (Lipinski definition) is 4. The van der Waals surface area contributed by atoms with Gasteiger partial charge in [-0.3, -0.25) is 14.5 Å². The maximum atomic E-state index is 12.5. The predicted molar refractivity (Wildman–Crippen MR) is 92.3 cm³/mol. The number of likely N-dealkylation sites (tertiary alicyclic amines) is 1. The lowest BCUT2D eigenvalue weighted by Gasteiger charge is -2.35. The van der Waals surface area contributed by atoms with E-state index in [1.54, 1.807) is 7.05 Å². The molecule has 24 heavy (non-hydrogen) atoms. The van der Waals surface area contributed by atoms with Gasteiger partial charge in [-0.15, -0.1) is 0 Å². The van der Waals surface area contributed by atoms with Crippen LogP contribution in [-0.2, 0) is 9.59 Å². The zero-order valence-electron chi connectivity index (χ0n) is 14.2. The number of piperidine rings is 1. The molecule has 1 saturated heterocycles. The van der Waals surface area contributed by atoms with Crippen LogP contribution in [0.25, 0.3) is 0 Å². The molecule has 2 atom stereocenters. The lowest BCUT2D eigenvalue weighted by Crippen LogP contribution is -2.48. The van der Waals surface area contributed by atoms with Crippen molar-refractivity contribution in [2.24, 2.45) is 0 Å². The van der Waals surface area contributed by atoms with Gasteiger partial charge in [0.25, 0.3) is 0 Å². The molecule has 6 nitrogen and oxygen atoms in total. The normalized spacial score (nSPS) is 19.5. The topological polar surface area (TPSA) is 81.7 Å². The van der Waals surface area contributed by atoms with E-state index in [1.165, 1.54) is 0 Å². The summed E-state index contributed by atoms with van der Waals surface area (Å²) in [6, 6.07) is 8.78. The maximum absolute atomic E-state index is 12.5. The smallest absolute Gasteiger partial charge is 0.246 e. The fourth-order valence-electron chi connectivity index (χ4n) is 3.23. The number of benzene rings is 1. The maximum Gasteiger partial charge on any atom is 0.246 e. The van der Waals surface area contributed by atoms with E-state index in [4.69, 9.17) is 0 Å². The first-order valence-electron chi connectivity index (χ1n) is 8.56. The van der Waals surface area contributed by atoms with Crippen LogP contribution in [0, 0.1) is 0 Å². The summed E-state index contributed by atoms with van der Waals surface area (Å²) in [5, 5.41) is 14.6. The summed E-state index contributed by atoms with van der Waals surface area (Å²) in [5.41, 5.74) is 0.760. The monoisotopic (exact) mass is 333 g/mol. The molecule has 1 fully saturated rings. The molecule has 0 saturated carbocycles. The molecular formula is C18H27N3O3. The van der Waals surface area contributed by atoms with E-state index in [-0.39, 0.29) is 31.0 Å². The van der Waals surface area contributed by atoms with Crippen LogP contribution in [0.5, 0.6) is 0 Å². The van der Waals surface area contributed by atoms with Gasteiger partial charge in [-0.2, -0.15) is 0 Å². The highest BCUT2D eigenvalue weighted by molar-refractivity contribution is 5.89. The number of carbonyl (C=O) groups excluding carboxylic acids is 2. The van der Waals surface area contributed by atoms with Crippen molar-refractivity contribution in [1.29, 1.82) is 0 Å². The second-order valence-electron chi connectivity index (χ2n) is 6.16. The third-order valence-corrected chi connectivity index (χ3v) is 4.50. The number of aliphatic hydroxyl groups excluding tert-OH is 1. The van der Waals surface area contributed by atoms with Crippen molar-refractivity contribution >= 4 is 11.8 Å². The summed E-state index contributed by atoms with van der Waals surface area (Å²) >= 11 is 0. The number of nitrogens with zero attached hydrogens (tertiary/aromatic N) is 1. The number of nitrogens with one attached hydrogen (secondary N) is 2. The van der Waals surface area contributed by atoms with Crippen LogP contribution in [0.2, 0.25) is 0 Å². The van der Waals surface area contributed by atoms with Gasteiger partial charge in [0.15, 0.2) is 0 Å². The number of aliphatic hydroxyl groups is 1. The molecule has 1 aliphatic heterocycles. The van der Waals surface area contributed by atoms with Crippen molar-refractivity contribution in [1.82, 2.24) is 15.5 Å². The standard InChI is InChI=1S/C18H27N3O3/c1-19-18(24)17(14-7-3-2-4-8-14)20-16(23)13-21-11-6-5-9-15(21)10-12-22/h2-4,7-8,15,17,22H,5-6,9-13H2,1H3,(H,19,24)(H,20,23)/t15-,17+/m1/s1. The Morgan fingerprint density at radius 2 is 2.04 bits per heavy atom. The van der Waals surface area contributed by atoms with Gasteiger partial charge in [0, 0.05) is 19.7 Å². The Bertz CT molecular complexity index is 534. The largest absolute Gasteiger partial charge is 0.396 e. The van der Waals surface area contributed by atoms with Gasteiger partial charge in [0.2, 0.25) is 11.8 Å². The number of hydrogen-bond donors (Lipinski definition) is 3. The summed E-state index contributed by atoms with van der Waals surface area (Å²) in [7, 11) is 1.56. The van der Waals surface area contributed by atoms with E-state index in [1.807, 2.05) is 30.3 Å². The Hall–Kier alpha value is -1.92. The molecule has 0 aromatic heterocycles. The Balaban J connectivity index is 2.00. The van der Waals surface area contributed by atoms with Gasteiger partial charge in [-0.1, -0.05) is 36.8 Å². The molecule has 132 valence electrons. The first-order chi connectivity index (χ1) is 11.7. The van der Waals surface area contributed by atoms with Crippen molar-refractivity contribution in [2.75, 3.05) is 26.7 Å². The van der Waals surface area contributed by atoms with Gasteiger partial charge in [0.05, 0.1) is 6.54 Å². The van der Waals surface area contributed by atoms with Gasteiger partial charge in [-0.05, 0) is 31.4 Å². The molecule has 0 spiro atoms. The lowest BCUT2D eigenvalue weighted by molar-refractivity contribution is -0.130. The van der Waals surface area contributed by atoms with Crippen molar-refractivity contribution < 1.29 is 14.7 Å². The molecule has 3 N–H and O–H groups in total. The predicted octanol–water partition coefficient (Wildman–Crippen LogP) is 0.827. The number of amides is 2. The molecule has 0 radical (unpaired) electrons. The van der Waals surface area contributed by atoms with Gasteiger partial charge >= 0.3 is 0 Å². The highest BCUT2D eigenvalue weighted by atomic mass is 16.3. The quantitative estimate of drug-likeness (QED) is 0.690. The Labute approximate surface area is 143 Å². The van der Waals surface area contributed by atoms with E-state index < -0.39 is 6.04 Å². The molecule has 2 amide bonds. The van der Waals surface area contributed by atoms with Gasteiger partial charge in [-0.25, -0.2) is 0 Å². The Kier molecular flexibility index (Phi) is 7.21. The first-order valence-corrected chi connectivity index (χ1v) is 8.56. The zero-order valence-corrected chi connectivity index (χ0v) is 14.2. The summed E-state index contributed by atoms with van der Waals surface area (Å²) in [4.78, 5) is 26.7. The zero-order chi connectivity index (χ0) is 17.4. The van der Waals surface area contributed by atoms with E-state index in [0.717, 1.165) is 31.4 Å². The highest BCUT2D eigenvalue weighted by Crippen LogP contribution is 2.19. The molecule has 1 aromatic carbocycles. The minimum atomic E-state index is -0.690. The van der Waals surface area contributed by atoms with Crippen molar-refractivity contribution in [3.05, 3.63) is 35.9 Å². The molecule has 0 bridgehead atoms. The highest BCUT2D eigenvalue weighted by Gasteiger charge is 2.26. The second kappa shape index (κ2) is 9.39. The molecule has 1 aliphatic rings. The van der Waals surface area contributed by atoms with E-state index in [2.05, 4.69) is 15.5 Å². The van der Waals surface area contributed by atoms with Crippen LogP contribution < -0.4 is 10.6 Å². The summed E-state index contributed by atoms with van der Waals surface area (Å²) in [6.07, 6.45) is 3.89. The SMILES string of the molecule is CNC(=O)[C@@H](NC(=O)CN1CCCC[C@@H]1CCO)c1ccccc1. The molecular weight excluding hydrogens is 306 g/mol. The van der Waals surface area contributed by atoms with Crippen LogP contribution in [0.4, 0.5) is 0 Å². The third kappa shape index (κ3) is 5.04. The number of likely N-dealkylation sites (N-methyl/N-ethyl adjacent to an activating group) is 1. The van der Waals surface area contributed by atoms with Crippen LogP contribution in [-0.4, -0.2) is 54.6 Å². The fourth-order valence-corrected chi connectivity index (χ4v) is 3.23. The lowest BCUT2D eigenvalue weighted by atomic mass is 9.99. The van der Waals surface area contributed by atoms with E-state index in [9.17, 15) is 14.7 Å². The Morgan fingerprint density at radius 3 is 2.71 bits per heavy atom. The minimum absolute atomic E-state index is 0.133. The first kappa shape index (κ1) is 18.4. The van der Waals surface area contributed by atoms with Crippen molar-refractivity contribution in [2.45, 2.75) is 37.8 Å². The third-order valence-electron chi connectivity index (χ3n) is 4.50. The van der Waals surface area contributed by atoms with Gasteiger partial charge in [0.1, 0.15) is 6.04 Å².